The van der Waals surface area contributed by atoms with Crippen LogP contribution >= 0.6 is 11.6 Å². The van der Waals surface area contributed by atoms with Gasteiger partial charge in [-0.15, -0.1) is 0 Å². The molecule has 0 aliphatic rings. The van der Waals surface area contributed by atoms with Crippen molar-refractivity contribution < 1.29 is 4.39 Å². The summed E-state index contributed by atoms with van der Waals surface area (Å²) in [6.45, 7) is 3.98. The topological polar surface area (TPSA) is 38.7 Å². The zero-order valence-electron chi connectivity index (χ0n) is 9.48. The predicted octanol–water partition coefficient (Wildman–Crippen LogP) is 3.45. The molecule has 88 valence electrons. The number of halogens is 2. The minimum Gasteiger partial charge on any atom is -0.250 e. The van der Waals surface area contributed by atoms with Gasteiger partial charge in [0.25, 0.3) is 0 Å². The van der Waals surface area contributed by atoms with Gasteiger partial charge in [-0.25, -0.2) is 19.3 Å². The SMILES string of the molecule is CC(C)c1cnc(-c2ncccc2F)nc1Cl. The number of hydrogen-bond acceptors (Lipinski definition) is 3. The van der Waals surface area contributed by atoms with Crippen LogP contribution in [0, 0.1) is 5.82 Å². The minimum absolute atomic E-state index is 0.115. The van der Waals surface area contributed by atoms with Gasteiger partial charge >= 0.3 is 0 Å². The van der Waals surface area contributed by atoms with Crippen LogP contribution in [0.2, 0.25) is 5.15 Å². The highest BCUT2D eigenvalue weighted by atomic mass is 35.5. The lowest BCUT2D eigenvalue weighted by atomic mass is 10.1. The second-order valence-electron chi connectivity index (χ2n) is 3.93. The Morgan fingerprint density at radius 3 is 2.65 bits per heavy atom. The van der Waals surface area contributed by atoms with Gasteiger partial charge in [0.2, 0.25) is 0 Å². The molecular weight excluding hydrogens is 241 g/mol. The van der Waals surface area contributed by atoms with Crippen molar-refractivity contribution in [3.63, 3.8) is 0 Å². The van der Waals surface area contributed by atoms with E-state index in [1.165, 1.54) is 18.3 Å². The molecule has 2 aromatic heterocycles. The second kappa shape index (κ2) is 4.75. The van der Waals surface area contributed by atoms with E-state index in [4.69, 9.17) is 11.6 Å². The first-order valence-electron chi connectivity index (χ1n) is 5.23. The van der Waals surface area contributed by atoms with Crippen LogP contribution in [-0.4, -0.2) is 15.0 Å². The highest BCUT2D eigenvalue weighted by Gasteiger charge is 2.13. The molecule has 0 fully saturated rings. The Balaban J connectivity index is 2.49. The molecule has 0 atom stereocenters. The molecule has 0 N–H and O–H groups in total. The molecule has 0 saturated heterocycles. The van der Waals surface area contributed by atoms with E-state index in [1.807, 2.05) is 13.8 Å². The van der Waals surface area contributed by atoms with Crippen LogP contribution in [0.1, 0.15) is 25.3 Å². The first-order chi connectivity index (χ1) is 8.09. The van der Waals surface area contributed by atoms with E-state index in [1.54, 1.807) is 6.20 Å². The zero-order chi connectivity index (χ0) is 12.4. The third kappa shape index (κ3) is 2.42. The standard InChI is InChI=1S/C12H11ClFN3/c1-7(2)8-6-16-12(17-11(8)13)10-9(14)4-3-5-15-10/h3-7H,1-2H3. The van der Waals surface area contributed by atoms with Crippen molar-refractivity contribution in [3.8, 4) is 11.5 Å². The number of rotatable bonds is 2. The van der Waals surface area contributed by atoms with Crippen LogP contribution in [0.3, 0.4) is 0 Å². The molecule has 2 aromatic rings. The lowest BCUT2D eigenvalue weighted by Gasteiger charge is -2.08. The van der Waals surface area contributed by atoms with Crippen molar-refractivity contribution in [2.45, 2.75) is 19.8 Å². The van der Waals surface area contributed by atoms with Gasteiger partial charge in [0.15, 0.2) is 11.6 Å². The normalized spacial score (nSPS) is 10.9. The Hall–Kier alpha value is -1.55. The van der Waals surface area contributed by atoms with Crippen LogP contribution in [0.15, 0.2) is 24.5 Å². The highest BCUT2D eigenvalue weighted by molar-refractivity contribution is 6.30. The molecule has 3 nitrogen and oxygen atoms in total. The summed E-state index contributed by atoms with van der Waals surface area (Å²) in [7, 11) is 0. The summed E-state index contributed by atoms with van der Waals surface area (Å²) in [5.74, 6) is -0.0245. The van der Waals surface area contributed by atoms with Crippen molar-refractivity contribution in [2.24, 2.45) is 0 Å². The quantitative estimate of drug-likeness (QED) is 0.768. The third-order valence-corrected chi connectivity index (χ3v) is 2.66. The van der Waals surface area contributed by atoms with E-state index >= 15 is 0 Å². The summed E-state index contributed by atoms with van der Waals surface area (Å²) in [6, 6.07) is 2.83. The second-order valence-corrected chi connectivity index (χ2v) is 4.29. The van der Waals surface area contributed by atoms with Crippen molar-refractivity contribution in [1.29, 1.82) is 0 Å². The van der Waals surface area contributed by atoms with Crippen LogP contribution in [0.5, 0.6) is 0 Å². The van der Waals surface area contributed by atoms with Crippen molar-refractivity contribution in [3.05, 3.63) is 41.1 Å². The molecule has 2 rings (SSSR count). The molecule has 0 aliphatic heterocycles. The van der Waals surface area contributed by atoms with Crippen LogP contribution in [0.4, 0.5) is 4.39 Å². The Bertz CT molecular complexity index is 543. The number of pyridine rings is 1. The van der Waals surface area contributed by atoms with Crippen molar-refractivity contribution >= 4 is 11.6 Å². The Kier molecular flexibility index (Phi) is 3.33. The fourth-order valence-electron chi connectivity index (χ4n) is 1.42. The van der Waals surface area contributed by atoms with Crippen LogP contribution in [0.25, 0.3) is 11.5 Å². The van der Waals surface area contributed by atoms with E-state index in [0.29, 0.717) is 5.15 Å². The zero-order valence-corrected chi connectivity index (χ0v) is 10.2. The van der Waals surface area contributed by atoms with Crippen LogP contribution in [-0.2, 0) is 0 Å². The van der Waals surface area contributed by atoms with E-state index in [2.05, 4.69) is 15.0 Å². The predicted molar refractivity (Wildman–Crippen MR) is 64.3 cm³/mol. The average Bonchev–Trinajstić information content (AvgIpc) is 2.29. The molecular formula is C12H11ClFN3. The summed E-state index contributed by atoms with van der Waals surface area (Å²) in [4.78, 5) is 12.1. The number of nitrogens with zero attached hydrogens (tertiary/aromatic N) is 3. The molecule has 0 saturated carbocycles. The van der Waals surface area contributed by atoms with Gasteiger partial charge in [0, 0.05) is 18.0 Å². The van der Waals surface area contributed by atoms with Gasteiger partial charge in [-0.3, -0.25) is 0 Å². The summed E-state index contributed by atoms with van der Waals surface area (Å²) in [5.41, 5.74) is 0.955. The Morgan fingerprint density at radius 1 is 1.29 bits per heavy atom. The van der Waals surface area contributed by atoms with E-state index in [-0.39, 0.29) is 17.4 Å². The van der Waals surface area contributed by atoms with Gasteiger partial charge in [-0.2, -0.15) is 0 Å². The first-order valence-corrected chi connectivity index (χ1v) is 5.60. The monoisotopic (exact) mass is 251 g/mol. The molecule has 0 bridgehead atoms. The molecule has 2 heterocycles. The molecule has 0 aliphatic carbocycles. The molecule has 0 amide bonds. The van der Waals surface area contributed by atoms with Gasteiger partial charge < -0.3 is 0 Å². The summed E-state index contributed by atoms with van der Waals surface area (Å²) in [5, 5.41) is 0.343. The molecule has 0 radical (unpaired) electrons. The largest absolute Gasteiger partial charge is 0.250 e. The van der Waals surface area contributed by atoms with E-state index in [0.717, 1.165) is 5.56 Å². The minimum atomic E-state index is -0.458. The molecule has 0 spiro atoms. The molecule has 0 aromatic carbocycles. The molecule has 17 heavy (non-hydrogen) atoms. The van der Waals surface area contributed by atoms with Crippen LogP contribution < -0.4 is 0 Å². The van der Waals surface area contributed by atoms with Gasteiger partial charge in [-0.05, 0) is 18.1 Å². The van der Waals surface area contributed by atoms with E-state index in [9.17, 15) is 4.39 Å². The fraction of sp³-hybridized carbons (Fsp3) is 0.250. The van der Waals surface area contributed by atoms with Gasteiger partial charge in [0.05, 0.1) is 0 Å². The van der Waals surface area contributed by atoms with E-state index < -0.39 is 5.82 Å². The van der Waals surface area contributed by atoms with Crippen molar-refractivity contribution in [2.75, 3.05) is 0 Å². The van der Waals surface area contributed by atoms with Gasteiger partial charge in [-0.1, -0.05) is 25.4 Å². The lowest BCUT2D eigenvalue weighted by molar-refractivity contribution is 0.624. The Morgan fingerprint density at radius 2 is 2.06 bits per heavy atom. The maximum atomic E-state index is 13.5. The summed E-state index contributed by atoms with van der Waals surface area (Å²) >= 11 is 6.03. The average molecular weight is 252 g/mol. The molecule has 0 unspecified atom stereocenters. The summed E-state index contributed by atoms with van der Waals surface area (Å²) < 4.78 is 13.5. The van der Waals surface area contributed by atoms with Gasteiger partial charge in [0.1, 0.15) is 10.8 Å². The first kappa shape index (κ1) is 11.9. The number of aromatic nitrogens is 3. The molecule has 5 heteroatoms. The highest BCUT2D eigenvalue weighted by Crippen LogP contribution is 2.24. The third-order valence-electron chi connectivity index (χ3n) is 2.36. The Labute approximate surface area is 104 Å². The summed E-state index contributed by atoms with van der Waals surface area (Å²) in [6.07, 6.45) is 3.11. The fourth-order valence-corrected chi connectivity index (χ4v) is 1.77. The lowest BCUT2D eigenvalue weighted by Crippen LogP contribution is -1.99. The maximum absolute atomic E-state index is 13.5. The number of hydrogen-bond donors (Lipinski definition) is 0. The van der Waals surface area contributed by atoms with Crippen molar-refractivity contribution in [1.82, 2.24) is 15.0 Å². The smallest absolute Gasteiger partial charge is 0.182 e. The maximum Gasteiger partial charge on any atom is 0.182 e.